The summed E-state index contributed by atoms with van der Waals surface area (Å²) in [4.78, 5) is 0. The summed E-state index contributed by atoms with van der Waals surface area (Å²) in [6.45, 7) is 4.21. The summed E-state index contributed by atoms with van der Waals surface area (Å²) < 4.78 is 0. The highest BCUT2D eigenvalue weighted by Gasteiger charge is 2.35. The van der Waals surface area contributed by atoms with Crippen LogP contribution in [0.25, 0.3) is 0 Å². The summed E-state index contributed by atoms with van der Waals surface area (Å²) in [7, 11) is 0. The van der Waals surface area contributed by atoms with Crippen LogP contribution < -0.4 is 0 Å². The number of nitriles is 1. The van der Waals surface area contributed by atoms with Crippen molar-refractivity contribution in [3.8, 4) is 6.07 Å². The highest BCUT2D eigenvalue weighted by Crippen LogP contribution is 2.39. The molecule has 1 rings (SSSR count). The van der Waals surface area contributed by atoms with E-state index in [1.807, 2.05) is 0 Å². The van der Waals surface area contributed by atoms with Crippen LogP contribution in [-0.4, -0.2) is 11.2 Å². The Balaban J connectivity index is 2.65. The standard InChI is InChI=1S/C9H15NO/c1-9(2)4-3-8(11)5-7(9)6-10/h7-8,11H,3-5H2,1-2H3/t7-,8-/m0/s1. The molecule has 1 fully saturated rings. The van der Waals surface area contributed by atoms with Crippen LogP contribution in [0.15, 0.2) is 0 Å². The molecule has 0 aromatic carbocycles. The van der Waals surface area contributed by atoms with E-state index in [4.69, 9.17) is 5.26 Å². The Kier molecular flexibility index (Phi) is 2.20. The highest BCUT2D eigenvalue weighted by atomic mass is 16.3. The van der Waals surface area contributed by atoms with Crippen molar-refractivity contribution >= 4 is 0 Å². The summed E-state index contributed by atoms with van der Waals surface area (Å²) in [5.74, 6) is 0.0336. The maximum Gasteiger partial charge on any atom is 0.0662 e. The van der Waals surface area contributed by atoms with E-state index >= 15 is 0 Å². The van der Waals surface area contributed by atoms with Crippen molar-refractivity contribution in [2.45, 2.75) is 39.2 Å². The Bertz CT molecular complexity index is 180. The Morgan fingerprint density at radius 2 is 2.18 bits per heavy atom. The van der Waals surface area contributed by atoms with Gasteiger partial charge in [0.2, 0.25) is 0 Å². The summed E-state index contributed by atoms with van der Waals surface area (Å²) in [6.07, 6.45) is 2.23. The number of aliphatic hydroxyl groups excluding tert-OH is 1. The predicted molar refractivity (Wildman–Crippen MR) is 42.7 cm³/mol. The fourth-order valence-corrected chi connectivity index (χ4v) is 1.65. The molecular weight excluding hydrogens is 138 g/mol. The van der Waals surface area contributed by atoms with E-state index in [9.17, 15) is 5.11 Å². The minimum Gasteiger partial charge on any atom is -0.393 e. The van der Waals surface area contributed by atoms with Crippen molar-refractivity contribution in [1.82, 2.24) is 0 Å². The van der Waals surface area contributed by atoms with Gasteiger partial charge >= 0.3 is 0 Å². The number of rotatable bonds is 0. The van der Waals surface area contributed by atoms with Gasteiger partial charge in [0, 0.05) is 0 Å². The zero-order chi connectivity index (χ0) is 8.48. The van der Waals surface area contributed by atoms with Crippen molar-refractivity contribution < 1.29 is 5.11 Å². The molecule has 11 heavy (non-hydrogen) atoms. The second-order valence-corrected chi connectivity index (χ2v) is 4.10. The van der Waals surface area contributed by atoms with Crippen LogP contribution in [0.5, 0.6) is 0 Å². The first-order chi connectivity index (χ1) is 5.06. The van der Waals surface area contributed by atoms with Crippen LogP contribution in [0, 0.1) is 22.7 Å². The molecule has 0 aromatic rings. The maximum atomic E-state index is 9.29. The lowest BCUT2D eigenvalue weighted by atomic mass is 9.69. The van der Waals surface area contributed by atoms with Crippen molar-refractivity contribution in [3.63, 3.8) is 0 Å². The molecule has 0 unspecified atom stereocenters. The fraction of sp³-hybridized carbons (Fsp3) is 0.889. The number of nitrogens with zero attached hydrogens (tertiary/aromatic N) is 1. The lowest BCUT2D eigenvalue weighted by Crippen LogP contribution is -2.33. The van der Waals surface area contributed by atoms with E-state index in [1.165, 1.54) is 0 Å². The molecule has 1 saturated carbocycles. The van der Waals surface area contributed by atoms with E-state index in [0.717, 1.165) is 12.8 Å². The highest BCUT2D eigenvalue weighted by molar-refractivity contribution is 4.97. The SMILES string of the molecule is CC1(C)CC[C@H](O)C[C@H]1C#N. The molecule has 1 N–H and O–H groups in total. The summed E-state index contributed by atoms with van der Waals surface area (Å²) in [5.41, 5.74) is 0.105. The van der Waals surface area contributed by atoms with Gasteiger partial charge < -0.3 is 5.11 Å². The molecule has 2 nitrogen and oxygen atoms in total. The van der Waals surface area contributed by atoms with Gasteiger partial charge in [-0.25, -0.2) is 0 Å². The molecule has 0 saturated heterocycles. The van der Waals surface area contributed by atoms with E-state index in [-0.39, 0.29) is 17.4 Å². The molecule has 1 aliphatic rings. The van der Waals surface area contributed by atoms with Gasteiger partial charge in [-0.05, 0) is 24.7 Å². The third-order valence-corrected chi connectivity index (χ3v) is 2.73. The average Bonchev–Trinajstić information content (AvgIpc) is 1.94. The molecule has 0 heterocycles. The van der Waals surface area contributed by atoms with Gasteiger partial charge in [-0.15, -0.1) is 0 Å². The van der Waals surface area contributed by atoms with Crippen molar-refractivity contribution in [3.05, 3.63) is 0 Å². The van der Waals surface area contributed by atoms with Crippen LogP contribution in [0.4, 0.5) is 0 Å². The minimum atomic E-state index is -0.243. The first-order valence-electron chi connectivity index (χ1n) is 4.14. The maximum absolute atomic E-state index is 9.29. The van der Waals surface area contributed by atoms with E-state index < -0.39 is 0 Å². The van der Waals surface area contributed by atoms with Gasteiger partial charge in [-0.2, -0.15) is 5.26 Å². The largest absolute Gasteiger partial charge is 0.393 e. The first kappa shape index (κ1) is 8.55. The second kappa shape index (κ2) is 2.83. The molecule has 62 valence electrons. The molecule has 2 atom stereocenters. The van der Waals surface area contributed by atoms with Crippen molar-refractivity contribution in [1.29, 1.82) is 5.26 Å². The normalized spacial score (nSPS) is 36.2. The van der Waals surface area contributed by atoms with Crippen molar-refractivity contribution in [2.75, 3.05) is 0 Å². The fourth-order valence-electron chi connectivity index (χ4n) is 1.65. The van der Waals surface area contributed by atoms with Crippen LogP contribution in [0.2, 0.25) is 0 Å². The Morgan fingerprint density at radius 3 is 2.64 bits per heavy atom. The van der Waals surface area contributed by atoms with Gasteiger partial charge in [0.15, 0.2) is 0 Å². The van der Waals surface area contributed by atoms with Crippen molar-refractivity contribution in [2.24, 2.45) is 11.3 Å². The molecular formula is C9H15NO. The molecule has 0 amide bonds. The summed E-state index contributed by atoms with van der Waals surface area (Å²) in [5, 5.41) is 18.1. The zero-order valence-corrected chi connectivity index (χ0v) is 7.17. The molecule has 0 aliphatic heterocycles. The second-order valence-electron chi connectivity index (χ2n) is 4.10. The predicted octanol–water partition coefficient (Wildman–Crippen LogP) is 1.70. The van der Waals surface area contributed by atoms with Crippen LogP contribution >= 0.6 is 0 Å². The zero-order valence-electron chi connectivity index (χ0n) is 7.17. The van der Waals surface area contributed by atoms with Gasteiger partial charge in [0.05, 0.1) is 18.1 Å². The van der Waals surface area contributed by atoms with Gasteiger partial charge in [-0.3, -0.25) is 0 Å². The molecule has 0 radical (unpaired) electrons. The minimum absolute atomic E-state index is 0.0336. The third-order valence-electron chi connectivity index (χ3n) is 2.73. The first-order valence-corrected chi connectivity index (χ1v) is 4.14. The summed E-state index contributed by atoms with van der Waals surface area (Å²) >= 11 is 0. The Labute approximate surface area is 67.8 Å². The quantitative estimate of drug-likeness (QED) is 0.575. The lowest BCUT2D eigenvalue weighted by Gasteiger charge is -2.36. The van der Waals surface area contributed by atoms with E-state index in [0.29, 0.717) is 6.42 Å². The van der Waals surface area contributed by atoms with Gasteiger partial charge in [-0.1, -0.05) is 13.8 Å². The molecule has 2 heteroatoms. The molecule has 0 aromatic heterocycles. The number of hydrogen-bond acceptors (Lipinski definition) is 2. The topological polar surface area (TPSA) is 44.0 Å². The van der Waals surface area contributed by atoms with Crippen LogP contribution in [0.1, 0.15) is 33.1 Å². The Morgan fingerprint density at radius 1 is 1.55 bits per heavy atom. The average molecular weight is 153 g/mol. The Hall–Kier alpha value is -0.550. The van der Waals surface area contributed by atoms with Gasteiger partial charge in [0.25, 0.3) is 0 Å². The third kappa shape index (κ3) is 1.72. The van der Waals surface area contributed by atoms with Gasteiger partial charge in [0.1, 0.15) is 0 Å². The van der Waals surface area contributed by atoms with Crippen LogP contribution in [-0.2, 0) is 0 Å². The number of hydrogen-bond donors (Lipinski definition) is 1. The molecule has 0 bridgehead atoms. The smallest absolute Gasteiger partial charge is 0.0662 e. The molecule has 1 aliphatic carbocycles. The van der Waals surface area contributed by atoms with E-state index in [1.54, 1.807) is 0 Å². The van der Waals surface area contributed by atoms with E-state index in [2.05, 4.69) is 19.9 Å². The molecule has 0 spiro atoms. The monoisotopic (exact) mass is 153 g/mol. The number of aliphatic hydroxyl groups is 1. The lowest BCUT2D eigenvalue weighted by molar-refractivity contribution is 0.0513. The summed E-state index contributed by atoms with van der Waals surface area (Å²) in [6, 6.07) is 2.26. The van der Waals surface area contributed by atoms with Crippen LogP contribution in [0.3, 0.4) is 0 Å².